The molecule has 3 rings (SSSR count). The normalized spacial score (nSPS) is 12.1. The van der Waals surface area contributed by atoms with Gasteiger partial charge in [0, 0.05) is 11.8 Å². The number of rotatable bonds is 6. The van der Waals surface area contributed by atoms with Crippen LogP contribution in [0.2, 0.25) is 0 Å². The van der Waals surface area contributed by atoms with E-state index in [4.69, 9.17) is 18.9 Å². The second kappa shape index (κ2) is 8.31. The quantitative estimate of drug-likeness (QED) is 0.777. The minimum atomic E-state index is -0.490. The van der Waals surface area contributed by atoms with Gasteiger partial charge in [-0.3, -0.25) is 4.79 Å². The van der Waals surface area contributed by atoms with Crippen LogP contribution in [-0.4, -0.2) is 45.9 Å². The second-order valence-electron chi connectivity index (χ2n) is 5.55. The summed E-state index contributed by atoms with van der Waals surface area (Å²) in [5.41, 5.74) is 0.892. The summed E-state index contributed by atoms with van der Waals surface area (Å²) in [7, 11) is 2.74. The van der Waals surface area contributed by atoms with Crippen molar-refractivity contribution < 1.29 is 33.3 Å². The van der Waals surface area contributed by atoms with Crippen LogP contribution in [0.1, 0.15) is 10.4 Å². The molecule has 142 valence electrons. The van der Waals surface area contributed by atoms with Crippen LogP contribution in [0.25, 0.3) is 0 Å². The summed E-state index contributed by atoms with van der Waals surface area (Å²) in [6.07, 6.45) is 0. The molecule has 0 aliphatic carbocycles. The first-order valence-corrected chi connectivity index (χ1v) is 8.19. The topological polar surface area (TPSA) is 92.3 Å². The lowest BCUT2D eigenvalue weighted by atomic mass is 10.2. The zero-order valence-electron chi connectivity index (χ0n) is 14.9. The standard InChI is InChI=1S/C19H19NO7/c1-23-16-9-12(19(22)24-2)3-5-14(16)27-11-18(21)20-13-4-6-15-17(10-13)26-8-7-25-15/h3-6,9-10H,7-8,11H2,1-2H3,(H,20,21). The van der Waals surface area contributed by atoms with E-state index in [0.29, 0.717) is 47.5 Å². The van der Waals surface area contributed by atoms with Gasteiger partial charge in [0.05, 0.1) is 19.8 Å². The molecule has 1 heterocycles. The average Bonchev–Trinajstić information content (AvgIpc) is 2.71. The number of nitrogens with one attached hydrogen (secondary N) is 1. The fraction of sp³-hybridized carbons (Fsp3) is 0.263. The number of hydrogen-bond donors (Lipinski definition) is 1. The Bertz CT molecular complexity index is 850. The molecule has 0 spiro atoms. The van der Waals surface area contributed by atoms with Crippen LogP contribution in [0.5, 0.6) is 23.0 Å². The zero-order chi connectivity index (χ0) is 19.2. The maximum absolute atomic E-state index is 12.2. The molecular weight excluding hydrogens is 354 g/mol. The molecule has 0 aromatic heterocycles. The van der Waals surface area contributed by atoms with Crippen LogP contribution in [0.3, 0.4) is 0 Å². The highest BCUT2D eigenvalue weighted by atomic mass is 16.6. The van der Waals surface area contributed by atoms with Gasteiger partial charge in [0.25, 0.3) is 5.91 Å². The summed E-state index contributed by atoms with van der Waals surface area (Å²) in [5.74, 6) is 1.04. The molecule has 1 N–H and O–H groups in total. The van der Waals surface area contributed by atoms with E-state index >= 15 is 0 Å². The van der Waals surface area contributed by atoms with Gasteiger partial charge >= 0.3 is 5.97 Å². The molecule has 2 aromatic rings. The Hall–Kier alpha value is -3.42. The number of hydrogen-bond acceptors (Lipinski definition) is 7. The van der Waals surface area contributed by atoms with E-state index < -0.39 is 5.97 Å². The van der Waals surface area contributed by atoms with Crippen molar-refractivity contribution in [3.8, 4) is 23.0 Å². The van der Waals surface area contributed by atoms with Crippen molar-refractivity contribution in [3.05, 3.63) is 42.0 Å². The summed E-state index contributed by atoms with van der Waals surface area (Å²) in [6.45, 7) is 0.737. The van der Waals surface area contributed by atoms with Crippen molar-refractivity contribution in [2.45, 2.75) is 0 Å². The lowest BCUT2D eigenvalue weighted by Gasteiger charge is -2.19. The van der Waals surface area contributed by atoms with E-state index in [2.05, 4.69) is 10.1 Å². The Balaban J connectivity index is 1.61. The Morgan fingerprint density at radius 3 is 2.52 bits per heavy atom. The fourth-order valence-electron chi connectivity index (χ4n) is 2.49. The lowest BCUT2D eigenvalue weighted by molar-refractivity contribution is -0.118. The lowest BCUT2D eigenvalue weighted by Crippen LogP contribution is -2.21. The molecule has 27 heavy (non-hydrogen) atoms. The highest BCUT2D eigenvalue weighted by Gasteiger charge is 2.15. The molecule has 2 aromatic carbocycles. The van der Waals surface area contributed by atoms with Crippen LogP contribution in [0, 0.1) is 0 Å². The molecule has 1 amide bonds. The molecule has 8 heteroatoms. The van der Waals surface area contributed by atoms with Crippen LogP contribution in [0.15, 0.2) is 36.4 Å². The van der Waals surface area contributed by atoms with Gasteiger partial charge in [0.2, 0.25) is 0 Å². The molecular formula is C19H19NO7. The van der Waals surface area contributed by atoms with E-state index in [1.807, 2.05) is 0 Å². The first-order valence-electron chi connectivity index (χ1n) is 8.19. The third-order valence-corrected chi connectivity index (χ3v) is 3.77. The summed E-state index contributed by atoms with van der Waals surface area (Å²) < 4.78 is 26.3. The highest BCUT2D eigenvalue weighted by Crippen LogP contribution is 2.32. The first kappa shape index (κ1) is 18.4. The van der Waals surface area contributed by atoms with Crippen LogP contribution >= 0.6 is 0 Å². The SMILES string of the molecule is COC(=O)c1ccc(OCC(=O)Nc2ccc3c(c2)OCCO3)c(OC)c1. The minimum Gasteiger partial charge on any atom is -0.493 e. The van der Waals surface area contributed by atoms with Gasteiger partial charge in [-0.15, -0.1) is 0 Å². The number of amides is 1. The Morgan fingerprint density at radius 2 is 1.78 bits per heavy atom. The molecule has 0 saturated heterocycles. The molecule has 0 saturated carbocycles. The largest absolute Gasteiger partial charge is 0.493 e. The number of methoxy groups -OCH3 is 2. The molecule has 0 fully saturated rings. The summed E-state index contributed by atoms with van der Waals surface area (Å²) in [5, 5.41) is 2.72. The van der Waals surface area contributed by atoms with Gasteiger partial charge in [-0.1, -0.05) is 0 Å². The number of ether oxygens (including phenoxy) is 5. The predicted molar refractivity (Wildman–Crippen MR) is 95.9 cm³/mol. The molecule has 8 nitrogen and oxygen atoms in total. The second-order valence-corrected chi connectivity index (χ2v) is 5.55. The molecule has 1 aliphatic heterocycles. The Kier molecular flexibility index (Phi) is 5.65. The van der Waals surface area contributed by atoms with Gasteiger partial charge in [-0.25, -0.2) is 4.79 Å². The Labute approximate surface area is 155 Å². The van der Waals surface area contributed by atoms with Crippen LogP contribution < -0.4 is 24.3 Å². The molecule has 0 bridgehead atoms. The van der Waals surface area contributed by atoms with E-state index in [9.17, 15) is 9.59 Å². The van der Waals surface area contributed by atoms with Crippen molar-refractivity contribution in [2.75, 3.05) is 39.4 Å². The van der Waals surface area contributed by atoms with E-state index in [-0.39, 0.29) is 12.5 Å². The third-order valence-electron chi connectivity index (χ3n) is 3.77. The zero-order valence-corrected chi connectivity index (χ0v) is 14.9. The fourth-order valence-corrected chi connectivity index (χ4v) is 2.49. The third kappa shape index (κ3) is 4.41. The summed E-state index contributed by atoms with van der Waals surface area (Å²) in [6, 6.07) is 9.71. The summed E-state index contributed by atoms with van der Waals surface area (Å²) in [4.78, 5) is 23.7. The van der Waals surface area contributed by atoms with Gasteiger partial charge in [-0.2, -0.15) is 0 Å². The van der Waals surface area contributed by atoms with Crippen LogP contribution in [0.4, 0.5) is 5.69 Å². The van der Waals surface area contributed by atoms with E-state index in [1.165, 1.54) is 26.4 Å². The predicted octanol–water partition coefficient (Wildman–Crippen LogP) is 2.27. The van der Waals surface area contributed by atoms with Crippen molar-refractivity contribution in [2.24, 2.45) is 0 Å². The van der Waals surface area contributed by atoms with Crippen molar-refractivity contribution in [1.82, 2.24) is 0 Å². The van der Waals surface area contributed by atoms with Crippen molar-refractivity contribution in [3.63, 3.8) is 0 Å². The maximum atomic E-state index is 12.2. The summed E-state index contributed by atoms with van der Waals surface area (Å²) >= 11 is 0. The van der Waals surface area contributed by atoms with Gasteiger partial charge in [0.15, 0.2) is 29.6 Å². The minimum absolute atomic E-state index is 0.234. The smallest absolute Gasteiger partial charge is 0.337 e. The first-order chi connectivity index (χ1) is 13.1. The monoisotopic (exact) mass is 373 g/mol. The molecule has 0 radical (unpaired) electrons. The van der Waals surface area contributed by atoms with E-state index in [1.54, 1.807) is 24.3 Å². The Morgan fingerprint density at radius 1 is 1.00 bits per heavy atom. The molecule has 1 aliphatic rings. The van der Waals surface area contributed by atoms with Gasteiger partial charge in [-0.05, 0) is 30.3 Å². The maximum Gasteiger partial charge on any atom is 0.337 e. The molecule has 0 unspecified atom stereocenters. The average molecular weight is 373 g/mol. The highest BCUT2D eigenvalue weighted by molar-refractivity contribution is 5.92. The van der Waals surface area contributed by atoms with E-state index in [0.717, 1.165) is 0 Å². The van der Waals surface area contributed by atoms with Gasteiger partial charge < -0.3 is 29.0 Å². The number of carbonyl (C=O) groups excluding carboxylic acids is 2. The number of fused-ring (bicyclic) bond motifs is 1. The number of benzene rings is 2. The number of esters is 1. The van der Waals surface area contributed by atoms with Crippen molar-refractivity contribution in [1.29, 1.82) is 0 Å². The van der Waals surface area contributed by atoms with Gasteiger partial charge in [0.1, 0.15) is 13.2 Å². The number of carbonyl (C=O) groups is 2. The number of anilines is 1. The molecule has 0 atom stereocenters. The van der Waals surface area contributed by atoms with Crippen molar-refractivity contribution >= 4 is 17.6 Å². The van der Waals surface area contributed by atoms with Crippen LogP contribution in [-0.2, 0) is 9.53 Å².